The Kier molecular flexibility index (Phi) is 3.59. The lowest BCUT2D eigenvalue weighted by atomic mass is 10.0. The summed E-state index contributed by atoms with van der Waals surface area (Å²) in [6.07, 6.45) is 2.39. The van der Waals surface area contributed by atoms with Gasteiger partial charge in [0.2, 0.25) is 0 Å². The van der Waals surface area contributed by atoms with Crippen molar-refractivity contribution < 1.29 is 4.74 Å². The number of nitrogens with one attached hydrogen (secondary N) is 1. The van der Waals surface area contributed by atoms with Crippen molar-refractivity contribution in [2.75, 3.05) is 25.4 Å². The third kappa shape index (κ3) is 2.94. The summed E-state index contributed by atoms with van der Waals surface area (Å²) >= 11 is 0. The molecule has 0 amide bonds. The van der Waals surface area contributed by atoms with Crippen LogP contribution < -0.4 is 11.1 Å². The summed E-state index contributed by atoms with van der Waals surface area (Å²) in [5.41, 5.74) is 8.00. The first-order valence-corrected chi connectivity index (χ1v) is 5.52. The third-order valence-corrected chi connectivity index (χ3v) is 2.80. The largest absolute Gasteiger partial charge is 0.399 e. The van der Waals surface area contributed by atoms with E-state index >= 15 is 0 Å². The maximum atomic E-state index is 5.88. The van der Waals surface area contributed by atoms with Gasteiger partial charge in [-0.2, -0.15) is 0 Å². The quantitative estimate of drug-likeness (QED) is 0.730. The van der Waals surface area contributed by atoms with Crippen molar-refractivity contribution in [1.29, 1.82) is 0 Å². The number of hydrogen-bond donors (Lipinski definition) is 2. The molecule has 82 valence electrons. The van der Waals surface area contributed by atoms with E-state index in [1.54, 1.807) is 0 Å². The van der Waals surface area contributed by atoms with Crippen LogP contribution in [0, 0.1) is 0 Å². The first-order chi connectivity index (χ1) is 7.36. The maximum absolute atomic E-state index is 5.88. The van der Waals surface area contributed by atoms with Crippen molar-refractivity contribution >= 4 is 5.69 Å². The second-order valence-electron chi connectivity index (χ2n) is 3.93. The first-order valence-electron chi connectivity index (χ1n) is 5.52. The van der Waals surface area contributed by atoms with E-state index in [9.17, 15) is 0 Å². The second-order valence-corrected chi connectivity index (χ2v) is 3.93. The zero-order valence-corrected chi connectivity index (χ0v) is 8.91. The summed E-state index contributed by atoms with van der Waals surface area (Å²) in [6.45, 7) is 2.77. The number of hydrogen-bond acceptors (Lipinski definition) is 3. The van der Waals surface area contributed by atoms with E-state index in [0.29, 0.717) is 6.10 Å². The standard InChI is InChI=1S/C12H18N2O/c13-12-4-2-1-3-10(12)5-6-11-9-14-7-8-15-11/h1-4,11,14H,5-9,13H2/t11-/m1/s1. The minimum atomic E-state index is 0.346. The molecule has 1 heterocycles. The molecule has 0 aliphatic carbocycles. The number of ether oxygens (including phenoxy) is 1. The van der Waals surface area contributed by atoms with Gasteiger partial charge >= 0.3 is 0 Å². The highest BCUT2D eigenvalue weighted by Crippen LogP contribution is 2.14. The van der Waals surface area contributed by atoms with Crippen molar-refractivity contribution in [1.82, 2.24) is 5.32 Å². The van der Waals surface area contributed by atoms with Gasteiger partial charge in [0.05, 0.1) is 12.7 Å². The Bertz CT molecular complexity index is 308. The van der Waals surface area contributed by atoms with Gasteiger partial charge in [-0.05, 0) is 24.5 Å². The van der Waals surface area contributed by atoms with E-state index in [4.69, 9.17) is 10.5 Å². The summed E-state index contributed by atoms with van der Waals surface area (Å²) in [5.74, 6) is 0. The van der Waals surface area contributed by atoms with Gasteiger partial charge in [-0.3, -0.25) is 0 Å². The van der Waals surface area contributed by atoms with E-state index < -0.39 is 0 Å². The molecular weight excluding hydrogens is 188 g/mol. The SMILES string of the molecule is Nc1ccccc1CC[C@@H]1CNCCO1. The van der Waals surface area contributed by atoms with Gasteiger partial charge in [-0.25, -0.2) is 0 Å². The van der Waals surface area contributed by atoms with Crippen molar-refractivity contribution in [3.05, 3.63) is 29.8 Å². The number of aryl methyl sites for hydroxylation is 1. The number of nitrogens with two attached hydrogens (primary N) is 1. The van der Waals surface area contributed by atoms with Crippen LogP contribution in [0.5, 0.6) is 0 Å². The van der Waals surface area contributed by atoms with Crippen LogP contribution in [0.2, 0.25) is 0 Å². The zero-order valence-electron chi connectivity index (χ0n) is 8.91. The van der Waals surface area contributed by atoms with Crippen LogP contribution in [0.25, 0.3) is 0 Å². The molecule has 1 fully saturated rings. The van der Waals surface area contributed by atoms with E-state index in [0.717, 1.165) is 38.2 Å². The summed E-state index contributed by atoms with van der Waals surface area (Å²) in [7, 11) is 0. The Morgan fingerprint density at radius 3 is 3.00 bits per heavy atom. The molecule has 1 aliphatic rings. The minimum absolute atomic E-state index is 0.346. The van der Waals surface area contributed by atoms with Crippen molar-refractivity contribution in [2.24, 2.45) is 0 Å². The van der Waals surface area contributed by atoms with Crippen LogP contribution in [0.4, 0.5) is 5.69 Å². The van der Waals surface area contributed by atoms with Gasteiger partial charge in [0, 0.05) is 18.8 Å². The topological polar surface area (TPSA) is 47.3 Å². The molecule has 1 aliphatic heterocycles. The predicted molar refractivity (Wildman–Crippen MR) is 61.8 cm³/mol. The highest BCUT2D eigenvalue weighted by Gasteiger charge is 2.13. The van der Waals surface area contributed by atoms with E-state index in [2.05, 4.69) is 11.4 Å². The molecule has 3 N–H and O–H groups in total. The molecule has 3 nitrogen and oxygen atoms in total. The van der Waals surface area contributed by atoms with Gasteiger partial charge in [-0.1, -0.05) is 18.2 Å². The average molecular weight is 206 g/mol. The van der Waals surface area contributed by atoms with Crippen LogP contribution in [0.15, 0.2) is 24.3 Å². The molecule has 3 heteroatoms. The Balaban J connectivity index is 1.84. The van der Waals surface area contributed by atoms with E-state index in [-0.39, 0.29) is 0 Å². The second kappa shape index (κ2) is 5.14. The fourth-order valence-corrected chi connectivity index (χ4v) is 1.88. The molecule has 1 atom stereocenters. The summed E-state index contributed by atoms with van der Waals surface area (Å²) < 4.78 is 5.64. The van der Waals surface area contributed by atoms with Crippen molar-refractivity contribution in [3.63, 3.8) is 0 Å². The molecule has 0 unspecified atom stereocenters. The molecule has 0 saturated carbocycles. The van der Waals surface area contributed by atoms with E-state index in [1.165, 1.54) is 5.56 Å². The van der Waals surface area contributed by atoms with Gasteiger partial charge in [0.15, 0.2) is 0 Å². The van der Waals surface area contributed by atoms with Crippen LogP contribution >= 0.6 is 0 Å². The molecule has 2 rings (SSSR count). The van der Waals surface area contributed by atoms with E-state index in [1.807, 2.05) is 18.2 Å². The highest BCUT2D eigenvalue weighted by molar-refractivity contribution is 5.46. The maximum Gasteiger partial charge on any atom is 0.0703 e. The minimum Gasteiger partial charge on any atom is -0.399 e. The van der Waals surface area contributed by atoms with Gasteiger partial charge in [0.25, 0.3) is 0 Å². The molecule has 1 saturated heterocycles. The van der Waals surface area contributed by atoms with Crippen LogP contribution in [-0.2, 0) is 11.2 Å². The molecule has 1 aromatic rings. The Labute approximate surface area is 90.6 Å². The first kappa shape index (κ1) is 10.5. The molecule has 15 heavy (non-hydrogen) atoms. The molecular formula is C12H18N2O. The molecule has 0 spiro atoms. The molecule has 0 radical (unpaired) electrons. The Morgan fingerprint density at radius 1 is 1.40 bits per heavy atom. The van der Waals surface area contributed by atoms with Crippen LogP contribution in [-0.4, -0.2) is 25.8 Å². The van der Waals surface area contributed by atoms with Gasteiger partial charge < -0.3 is 15.8 Å². The Morgan fingerprint density at radius 2 is 2.27 bits per heavy atom. The number of morpholine rings is 1. The number of benzene rings is 1. The lowest BCUT2D eigenvalue weighted by Crippen LogP contribution is -2.38. The number of rotatable bonds is 3. The Hall–Kier alpha value is -1.06. The molecule has 0 bridgehead atoms. The van der Waals surface area contributed by atoms with Crippen molar-refractivity contribution in [3.8, 4) is 0 Å². The lowest BCUT2D eigenvalue weighted by Gasteiger charge is -2.23. The van der Waals surface area contributed by atoms with Gasteiger partial charge in [0.1, 0.15) is 0 Å². The highest BCUT2D eigenvalue weighted by atomic mass is 16.5. The fourth-order valence-electron chi connectivity index (χ4n) is 1.88. The van der Waals surface area contributed by atoms with Crippen LogP contribution in [0.3, 0.4) is 0 Å². The summed E-state index contributed by atoms with van der Waals surface area (Å²) in [5, 5.41) is 3.33. The summed E-state index contributed by atoms with van der Waals surface area (Å²) in [6, 6.07) is 8.05. The van der Waals surface area contributed by atoms with Gasteiger partial charge in [-0.15, -0.1) is 0 Å². The normalized spacial score (nSPS) is 21.5. The smallest absolute Gasteiger partial charge is 0.0703 e. The monoisotopic (exact) mass is 206 g/mol. The number of anilines is 1. The van der Waals surface area contributed by atoms with Crippen molar-refractivity contribution in [2.45, 2.75) is 18.9 Å². The third-order valence-electron chi connectivity index (χ3n) is 2.80. The number of para-hydroxylation sites is 1. The molecule has 1 aromatic carbocycles. The van der Waals surface area contributed by atoms with Crippen LogP contribution in [0.1, 0.15) is 12.0 Å². The summed E-state index contributed by atoms with van der Waals surface area (Å²) in [4.78, 5) is 0. The molecule has 0 aromatic heterocycles. The zero-order chi connectivity index (χ0) is 10.5. The predicted octanol–water partition coefficient (Wildman–Crippen LogP) is 1.19. The average Bonchev–Trinajstić information content (AvgIpc) is 2.29. The number of nitrogen functional groups attached to an aromatic ring is 1. The lowest BCUT2D eigenvalue weighted by molar-refractivity contribution is 0.0239. The fraction of sp³-hybridized carbons (Fsp3) is 0.500.